The molecule has 2 heterocycles. The molecule has 0 bridgehead atoms. The first-order valence-corrected chi connectivity index (χ1v) is 8.63. The molecule has 1 amide bonds. The number of benzene rings is 1. The minimum Gasteiger partial charge on any atom is -0.448 e. The van der Waals surface area contributed by atoms with Crippen LogP contribution in [0, 0.1) is 0 Å². The minimum atomic E-state index is -0.788. The van der Waals surface area contributed by atoms with Gasteiger partial charge in [0.2, 0.25) is 0 Å². The molecular formula is C16H15NO3S2. The van der Waals surface area contributed by atoms with Gasteiger partial charge >= 0.3 is 5.97 Å². The molecule has 0 aliphatic carbocycles. The number of esters is 1. The topological polar surface area (TPSA) is 55.4 Å². The molecule has 0 saturated heterocycles. The van der Waals surface area contributed by atoms with Crippen LogP contribution >= 0.6 is 22.7 Å². The summed E-state index contributed by atoms with van der Waals surface area (Å²) in [5.74, 6) is -0.726. The molecule has 0 radical (unpaired) electrons. The number of carbonyl (C=O) groups excluding carboxylic acids is 2. The van der Waals surface area contributed by atoms with Crippen molar-refractivity contribution in [2.45, 2.75) is 20.0 Å². The Morgan fingerprint density at radius 1 is 1.23 bits per heavy atom. The van der Waals surface area contributed by atoms with Gasteiger partial charge in [0.15, 0.2) is 6.10 Å². The van der Waals surface area contributed by atoms with Gasteiger partial charge in [-0.3, -0.25) is 4.79 Å². The summed E-state index contributed by atoms with van der Waals surface area (Å²) in [6.45, 7) is 3.92. The maximum Gasteiger partial charge on any atom is 0.349 e. The molecule has 114 valence electrons. The van der Waals surface area contributed by atoms with Gasteiger partial charge in [0.1, 0.15) is 4.88 Å². The minimum absolute atomic E-state index is 0.278. The van der Waals surface area contributed by atoms with E-state index in [-0.39, 0.29) is 5.91 Å². The van der Waals surface area contributed by atoms with E-state index in [1.54, 1.807) is 18.3 Å². The number of hydrogen-bond donors (Lipinski definition) is 1. The van der Waals surface area contributed by atoms with E-state index >= 15 is 0 Å². The Morgan fingerprint density at radius 3 is 2.77 bits per heavy atom. The van der Waals surface area contributed by atoms with Crippen molar-refractivity contribution < 1.29 is 14.3 Å². The van der Waals surface area contributed by atoms with Crippen LogP contribution in [0.2, 0.25) is 0 Å². The predicted octanol–water partition coefficient (Wildman–Crippen LogP) is 3.80. The average molecular weight is 333 g/mol. The lowest BCUT2D eigenvalue weighted by Gasteiger charge is -2.11. The molecule has 22 heavy (non-hydrogen) atoms. The van der Waals surface area contributed by atoms with Gasteiger partial charge in [-0.1, -0.05) is 18.2 Å². The SMILES string of the molecule is CCNC(=O)[C@H](C)OC(=O)c1cc2sc3ccccc3c2s1. The van der Waals surface area contributed by atoms with Gasteiger partial charge in [-0.25, -0.2) is 4.79 Å². The number of fused-ring (bicyclic) bond motifs is 3. The second-order valence-electron chi connectivity index (χ2n) is 4.84. The highest BCUT2D eigenvalue weighted by Gasteiger charge is 2.21. The number of hydrogen-bond acceptors (Lipinski definition) is 5. The largest absolute Gasteiger partial charge is 0.448 e. The highest BCUT2D eigenvalue weighted by molar-refractivity contribution is 7.33. The van der Waals surface area contributed by atoms with Gasteiger partial charge in [0, 0.05) is 21.3 Å². The van der Waals surface area contributed by atoms with Crippen LogP contribution in [0.1, 0.15) is 23.5 Å². The van der Waals surface area contributed by atoms with E-state index in [0.717, 1.165) is 14.8 Å². The molecule has 1 atom stereocenters. The van der Waals surface area contributed by atoms with Crippen molar-refractivity contribution in [1.82, 2.24) is 5.32 Å². The van der Waals surface area contributed by atoms with Crippen LogP contribution in [0.25, 0.3) is 19.5 Å². The average Bonchev–Trinajstić information content (AvgIpc) is 3.05. The van der Waals surface area contributed by atoms with Crippen molar-refractivity contribution in [3.8, 4) is 0 Å². The molecule has 0 spiro atoms. The maximum absolute atomic E-state index is 12.2. The highest BCUT2D eigenvalue weighted by Crippen LogP contribution is 2.39. The third-order valence-electron chi connectivity index (χ3n) is 3.25. The molecule has 0 fully saturated rings. The van der Waals surface area contributed by atoms with Crippen molar-refractivity contribution >= 4 is 54.0 Å². The van der Waals surface area contributed by atoms with Crippen LogP contribution < -0.4 is 5.32 Å². The third-order valence-corrected chi connectivity index (χ3v) is 5.65. The van der Waals surface area contributed by atoms with Gasteiger partial charge < -0.3 is 10.1 Å². The summed E-state index contributed by atoms with van der Waals surface area (Å²) in [5.41, 5.74) is 0. The summed E-state index contributed by atoms with van der Waals surface area (Å²) in [6.07, 6.45) is -0.788. The molecule has 3 rings (SSSR count). The smallest absolute Gasteiger partial charge is 0.349 e. The Balaban J connectivity index is 1.84. The van der Waals surface area contributed by atoms with E-state index in [0.29, 0.717) is 11.4 Å². The van der Waals surface area contributed by atoms with Crippen LogP contribution in [-0.2, 0) is 9.53 Å². The predicted molar refractivity (Wildman–Crippen MR) is 90.8 cm³/mol. The highest BCUT2D eigenvalue weighted by atomic mass is 32.1. The van der Waals surface area contributed by atoms with E-state index in [1.807, 2.05) is 25.1 Å². The van der Waals surface area contributed by atoms with Crippen LogP contribution in [0.15, 0.2) is 30.3 Å². The summed E-state index contributed by atoms with van der Waals surface area (Å²) in [7, 11) is 0. The second-order valence-corrected chi connectivity index (χ2v) is 6.98. The second kappa shape index (κ2) is 6.06. The molecule has 0 saturated carbocycles. The van der Waals surface area contributed by atoms with Crippen LogP contribution in [0.3, 0.4) is 0 Å². The Bertz CT molecular complexity index is 849. The van der Waals surface area contributed by atoms with Gasteiger partial charge in [0.25, 0.3) is 5.91 Å². The quantitative estimate of drug-likeness (QED) is 0.739. The van der Waals surface area contributed by atoms with Gasteiger partial charge in [0.05, 0.1) is 4.70 Å². The number of amides is 1. The third kappa shape index (κ3) is 2.71. The fourth-order valence-electron chi connectivity index (χ4n) is 2.19. The number of rotatable bonds is 4. The molecule has 4 nitrogen and oxygen atoms in total. The number of nitrogens with one attached hydrogen (secondary N) is 1. The number of likely N-dealkylation sites (N-methyl/N-ethyl adjacent to an activating group) is 1. The van der Waals surface area contributed by atoms with Crippen LogP contribution in [0.5, 0.6) is 0 Å². The first kappa shape index (κ1) is 15.0. The molecule has 1 aromatic carbocycles. The molecule has 0 aliphatic rings. The molecule has 6 heteroatoms. The Hall–Kier alpha value is -1.92. The summed E-state index contributed by atoms with van der Waals surface area (Å²) < 4.78 is 8.60. The zero-order chi connectivity index (χ0) is 15.7. The van der Waals surface area contributed by atoms with E-state index in [1.165, 1.54) is 16.0 Å². The number of carbonyl (C=O) groups is 2. The maximum atomic E-state index is 12.2. The molecule has 3 aromatic rings. The normalized spacial score (nSPS) is 12.5. The first-order chi connectivity index (χ1) is 10.6. The number of thiophene rings is 2. The van der Waals surface area contributed by atoms with Gasteiger partial charge in [-0.15, -0.1) is 22.7 Å². The van der Waals surface area contributed by atoms with Crippen molar-refractivity contribution in [3.05, 3.63) is 35.2 Å². The fourth-order valence-corrected chi connectivity index (χ4v) is 4.60. The summed E-state index contributed by atoms with van der Waals surface area (Å²) >= 11 is 3.07. The fraction of sp³-hybridized carbons (Fsp3) is 0.250. The van der Waals surface area contributed by atoms with Crippen molar-refractivity contribution in [3.63, 3.8) is 0 Å². The Labute approximate surface area is 135 Å². The molecule has 1 N–H and O–H groups in total. The Kier molecular flexibility index (Phi) is 4.13. The van der Waals surface area contributed by atoms with E-state index in [9.17, 15) is 9.59 Å². The van der Waals surface area contributed by atoms with Crippen molar-refractivity contribution in [2.75, 3.05) is 6.54 Å². The van der Waals surface area contributed by atoms with Crippen LogP contribution in [0.4, 0.5) is 0 Å². The molecule has 0 aliphatic heterocycles. The van der Waals surface area contributed by atoms with Crippen LogP contribution in [-0.4, -0.2) is 24.5 Å². The zero-order valence-corrected chi connectivity index (χ0v) is 13.8. The summed E-state index contributed by atoms with van der Waals surface area (Å²) in [6, 6.07) is 9.96. The van der Waals surface area contributed by atoms with E-state index in [4.69, 9.17) is 4.74 Å². The monoisotopic (exact) mass is 333 g/mol. The lowest BCUT2D eigenvalue weighted by Crippen LogP contribution is -2.35. The molecular weight excluding hydrogens is 318 g/mol. The Morgan fingerprint density at radius 2 is 2.00 bits per heavy atom. The van der Waals surface area contributed by atoms with Gasteiger partial charge in [-0.05, 0) is 26.0 Å². The molecule has 2 aromatic heterocycles. The zero-order valence-electron chi connectivity index (χ0n) is 12.2. The number of ether oxygens (including phenoxy) is 1. The summed E-state index contributed by atoms with van der Waals surface area (Å²) in [5, 5.41) is 3.79. The van der Waals surface area contributed by atoms with Crippen molar-refractivity contribution in [2.24, 2.45) is 0 Å². The van der Waals surface area contributed by atoms with Gasteiger partial charge in [-0.2, -0.15) is 0 Å². The molecule has 0 unspecified atom stereocenters. The van der Waals surface area contributed by atoms with E-state index < -0.39 is 12.1 Å². The van der Waals surface area contributed by atoms with Crippen molar-refractivity contribution in [1.29, 1.82) is 0 Å². The standard InChI is InChI=1S/C16H15NO3S2/c1-3-17-15(18)9(2)20-16(19)13-8-12-14(22-13)10-6-4-5-7-11(10)21-12/h4-9H,3H2,1-2H3,(H,17,18)/t9-/m0/s1. The lowest BCUT2D eigenvalue weighted by molar-refractivity contribution is -0.128. The first-order valence-electron chi connectivity index (χ1n) is 7.00. The summed E-state index contributed by atoms with van der Waals surface area (Å²) in [4.78, 5) is 24.3. The lowest BCUT2D eigenvalue weighted by atomic mass is 10.2. The van der Waals surface area contributed by atoms with E-state index in [2.05, 4.69) is 17.4 Å².